The van der Waals surface area contributed by atoms with Crippen LogP contribution in [-0.2, 0) is 25.1 Å². The van der Waals surface area contributed by atoms with Crippen molar-refractivity contribution in [1.29, 1.82) is 0 Å². The summed E-state index contributed by atoms with van der Waals surface area (Å²) in [4.78, 5) is 6.33. The summed E-state index contributed by atoms with van der Waals surface area (Å²) >= 11 is 5.25. The van der Waals surface area contributed by atoms with Crippen LogP contribution in [0, 0.1) is 0 Å². The highest BCUT2D eigenvalue weighted by Crippen LogP contribution is 2.37. The van der Waals surface area contributed by atoms with Crippen molar-refractivity contribution in [3.8, 4) is 22.0 Å². The van der Waals surface area contributed by atoms with E-state index in [0.717, 1.165) is 39.4 Å². The van der Waals surface area contributed by atoms with Crippen LogP contribution >= 0.6 is 34.4 Å². The van der Waals surface area contributed by atoms with E-state index in [-0.39, 0.29) is 0 Å². The van der Waals surface area contributed by atoms with Gasteiger partial charge in [0, 0.05) is 39.1 Å². The lowest BCUT2D eigenvalue weighted by molar-refractivity contribution is 0.694. The summed E-state index contributed by atoms with van der Waals surface area (Å²) in [6, 6.07) is 10.3. The summed E-state index contributed by atoms with van der Waals surface area (Å²) < 4.78 is 2.19. The number of allylic oxidation sites excluding steroid dienone is 1. The van der Waals surface area contributed by atoms with Gasteiger partial charge in [-0.2, -0.15) is 0 Å². The molecule has 0 aliphatic heterocycles. The average molecular weight is 451 g/mol. The molecule has 3 aromatic heterocycles. The van der Waals surface area contributed by atoms with Crippen LogP contribution in [0.25, 0.3) is 22.0 Å². The molecule has 0 amide bonds. The second-order valence-corrected chi connectivity index (χ2v) is 10.0. The van der Waals surface area contributed by atoms with Crippen molar-refractivity contribution in [2.24, 2.45) is 0 Å². The SMILES string of the molecule is C=CCn1c(SCc2csc(-c3ccccc3)n2)nnc1-c1csc2c1CCCC2. The zero-order chi connectivity index (χ0) is 20.3. The molecule has 0 spiro atoms. The van der Waals surface area contributed by atoms with Crippen LogP contribution in [0.4, 0.5) is 0 Å². The fourth-order valence-electron chi connectivity index (χ4n) is 3.79. The first kappa shape index (κ1) is 19.7. The molecule has 0 saturated heterocycles. The lowest BCUT2D eigenvalue weighted by atomic mass is 9.95. The van der Waals surface area contributed by atoms with Crippen LogP contribution in [0.3, 0.4) is 0 Å². The fourth-order valence-corrected chi connectivity index (χ4v) is 6.69. The zero-order valence-corrected chi connectivity index (χ0v) is 19.0. The molecular formula is C23H22N4S3. The van der Waals surface area contributed by atoms with Crippen LogP contribution in [-0.4, -0.2) is 19.7 Å². The minimum absolute atomic E-state index is 0.710. The van der Waals surface area contributed by atoms with Crippen molar-refractivity contribution in [3.63, 3.8) is 0 Å². The van der Waals surface area contributed by atoms with Crippen molar-refractivity contribution in [2.75, 3.05) is 0 Å². The van der Waals surface area contributed by atoms with E-state index in [1.807, 2.05) is 35.6 Å². The first-order valence-corrected chi connectivity index (χ1v) is 12.8. The number of benzene rings is 1. The number of nitrogens with zero attached hydrogens (tertiary/aromatic N) is 4. The molecule has 7 heteroatoms. The van der Waals surface area contributed by atoms with Gasteiger partial charge in [-0.05, 0) is 31.2 Å². The Morgan fingerprint density at radius 3 is 2.80 bits per heavy atom. The standard InChI is InChI=1S/C23H22N4S3/c1-2-12-27-21(19-15-28-20-11-7-6-10-18(19)20)25-26-23(27)30-14-17-13-29-22(24-17)16-8-4-3-5-9-16/h2-5,8-9,13,15H,1,6-7,10-12,14H2. The van der Waals surface area contributed by atoms with Crippen molar-refractivity contribution < 1.29 is 0 Å². The van der Waals surface area contributed by atoms with Gasteiger partial charge in [-0.15, -0.1) is 39.4 Å². The molecule has 0 bridgehead atoms. The van der Waals surface area contributed by atoms with E-state index in [1.54, 1.807) is 23.1 Å². The first-order chi connectivity index (χ1) is 14.8. The minimum atomic E-state index is 0.710. The zero-order valence-electron chi connectivity index (χ0n) is 16.6. The molecule has 3 heterocycles. The molecule has 0 radical (unpaired) electrons. The van der Waals surface area contributed by atoms with E-state index in [0.29, 0.717) is 6.54 Å². The van der Waals surface area contributed by atoms with Gasteiger partial charge in [0.25, 0.3) is 0 Å². The molecule has 0 atom stereocenters. The highest BCUT2D eigenvalue weighted by atomic mass is 32.2. The van der Waals surface area contributed by atoms with Crippen LogP contribution in [0.2, 0.25) is 0 Å². The molecule has 4 aromatic rings. The number of thioether (sulfide) groups is 1. The number of aryl methyl sites for hydroxylation is 1. The smallest absolute Gasteiger partial charge is 0.192 e. The first-order valence-electron chi connectivity index (χ1n) is 10.1. The Balaban J connectivity index is 1.37. The van der Waals surface area contributed by atoms with Gasteiger partial charge >= 0.3 is 0 Å². The van der Waals surface area contributed by atoms with Gasteiger partial charge in [0.05, 0.1) is 5.69 Å². The van der Waals surface area contributed by atoms with Gasteiger partial charge in [-0.1, -0.05) is 48.2 Å². The predicted molar refractivity (Wildman–Crippen MR) is 127 cm³/mol. The third kappa shape index (κ3) is 3.89. The van der Waals surface area contributed by atoms with E-state index in [1.165, 1.54) is 35.3 Å². The van der Waals surface area contributed by atoms with E-state index in [2.05, 4.69) is 44.2 Å². The van der Waals surface area contributed by atoms with Gasteiger partial charge in [0.1, 0.15) is 5.01 Å². The third-order valence-corrected chi connectivity index (χ3v) is 8.28. The number of thiophene rings is 1. The summed E-state index contributed by atoms with van der Waals surface area (Å²) in [5.74, 6) is 1.75. The van der Waals surface area contributed by atoms with E-state index >= 15 is 0 Å². The Kier molecular flexibility index (Phi) is 5.84. The second-order valence-electron chi connectivity index (χ2n) is 7.26. The maximum Gasteiger partial charge on any atom is 0.192 e. The lowest BCUT2D eigenvalue weighted by Gasteiger charge is -2.13. The molecule has 1 aliphatic rings. The largest absolute Gasteiger partial charge is 0.298 e. The molecule has 5 rings (SSSR count). The summed E-state index contributed by atoms with van der Waals surface area (Å²) in [6.45, 7) is 4.66. The summed E-state index contributed by atoms with van der Waals surface area (Å²) in [5.41, 5.74) is 4.98. The molecule has 1 aliphatic carbocycles. The molecular weight excluding hydrogens is 428 g/mol. The molecule has 0 saturated carbocycles. The normalized spacial score (nSPS) is 13.3. The molecule has 1 aromatic carbocycles. The predicted octanol–water partition coefficient (Wildman–Crippen LogP) is 6.49. The summed E-state index contributed by atoms with van der Waals surface area (Å²) in [6.07, 6.45) is 6.84. The molecule has 0 unspecified atom stereocenters. The molecule has 0 N–H and O–H groups in total. The number of hydrogen-bond acceptors (Lipinski definition) is 6. The Hall–Kier alpha value is -2.22. The van der Waals surface area contributed by atoms with Gasteiger partial charge in [0.2, 0.25) is 0 Å². The number of aromatic nitrogens is 4. The quantitative estimate of drug-likeness (QED) is 0.238. The maximum atomic E-state index is 4.81. The highest BCUT2D eigenvalue weighted by molar-refractivity contribution is 7.98. The number of thiazole rings is 1. The van der Waals surface area contributed by atoms with Crippen molar-refractivity contribution in [1.82, 2.24) is 19.7 Å². The Morgan fingerprint density at radius 1 is 1.07 bits per heavy atom. The molecule has 152 valence electrons. The summed E-state index contributed by atoms with van der Waals surface area (Å²) in [5, 5.41) is 15.5. The van der Waals surface area contributed by atoms with Crippen LogP contribution in [0.15, 0.2) is 58.9 Å². The average Bonchev–Trinajstić information content (AvgIpc) is 3.52. The molecule has 30 heavy (non-hydrogen) atoms. The van der Waals surface area contributed by atoms with Crippen molar-refractivity contribution in [3.05, 3.63) is 69.9 Å². The van der Waals surface area contributed by atoms with E-state index < -0.39 is 0 Å². The number of fused-ring (bicyclic) bond motifs is 1. The van der Waals surface area contributed by atoms with Crippen LogP contribution in [0.5, 0.6) is 0 Å². The Bertz CT molecular complexity index is 1160. The van der Waals surface area contributed by atoms with Crippen molar-refractivity contribution in [2.45, 2.75) is 43.1 Å². The fraction of sp³-hybridized carbons (Fsp3) is 0.261. The van der Waals surface area contributed by atoms with E-state index in [4.69, 9.17) is 4.98 Å². The van der Waals surface area contributed by atoms with E-state index in [9.17, 15) is 0 Å². The summed E-state index contributed by atoms with van der Waals surface area (Å²) in [7, 11) is 0. The molecule has 4 nitrogen and oxygen atoms in total. The van der Waals surface area contributed by atoms with Crippen LogP contribution < -0.4 is 0 Å². The van der Waals surface area contributed by atoms with Gasteiger partial charge < -0.3 is 0 Å². The Morgan fingerprint density at radius 2 is 1.93 bits per heavy atom. The monoisotopic (exact) mass is 450 g/mol. The van der Waals surface area contributed by atoms with Crippen LogP contribution in [0.1, 0.15) is 29.0 Å². The van der Waals surface area contributed by atoms with Gasteiger partial charge in [-0.25, -0.2) is 4.98 Å². The van der Waals surface area contributed by atoms with Gasteiger partial charge in [0.15, 0.2) is 11.0 Å². The molecule has 0 fully saturated rings. The second kappa shape index (κ2) is 8.88. The Labute approximate surface area is 188 Å². The van der Waals surface area contributed by atoms with Crippen molar-refractivity contribution >= 4 is 34.4 Å². The lowest BCUT2D eigenvalue weighted by Crippen LogP contribution is -2.04. The van der Waals surface area contributed by atoms with Gasteiger partial charge in [-0.3, -0.25) is 4.57 Å². The minimum Gasteiger partial charge on any atom is -0.298 e. The topological polar surface area (TPSA) is 43.6 Å². The maximum absolute atomic E-state index is 4.81. The number of hydrogen-bond donors (Lipinski definition) is 0. The third-order valence-electron chi connectivity index (χ3n) is 5.25. The number of rotatable bonds is 7. The highest BCUT2D eigenvalue weighted by Gasteiger charge is 2.22.